The monoisotopic (exact) mass is 277 g/mol. The predicted octanol–water partition coefficient (Wildman–Crippen LogP) is 4.65. The molecule has 0 saturated heterocycles. The number of hydrogen-bond acceptors (Lipinski definition) is 2. The SMILES string of the molecule is Nc1ccc(SCCCc2ccccc2)c(Cl)c1. The lowest BCUT2D eigenvalue weighted by atomic mass is 10.1. The van der Waals surface area contributed by atoms with Gasteiger partial charge in [-0.1, -0.05) is 41.9 Å². The quantitative estimate of drug-likeness (QED) is 0.489. The summed E-state index contributed by atoms with van der Waals surface area (Å²) in [4.78, 5) is 1.11. The van der Waals surface area contributed by atoms with Gasteiger partial charge in [-0.15, -0.1) is 11.8 Å². The minimum atomic E-state index is 0.716. The van der Waals surface area contributed by atoms with E-state index in [0.717, 1.165) is 28.5 Å². The van der Waals surface area contributed by atoms with Crippen molar-refractivity contribution in [2.75, 3.05) is 11.5 Å². The highest BCUT2D eigenvalue weighted by Crippen LogP contribution is 2.29. The normalized spacial score (nSPS) is 10.5. The number of nitrogens with two attached hydrogens (primary N) is 1. The van der Waals surface area contributed by atoms with Crippen molar-refractivity contribution in [1.29, 1.82) is 0 Å². The molecule has 0 heterocycles. The molecular formula is C15H16ClNS. The van der Waals surface area contributed by atoms with Gasteiger partial charge in [-0.05, 0) is 42.4 Å². The molecular weight excluding hydrogens is 262 g/mol. The minimum Gasteiger partial charge on any atom is -0.399 e. The number of aryl methyl sites for hydroxylation is 1. The Balaban J connectivity index is 1.79. The fourth-order valence-electron chi connectivity index (χ4n) is 1.74. The van der Waals surface area contributed by atoms with E-state index in [4.69, 9.17) is 17.3 Å². The zero-order valence-corrected chi connectivity index (χ0v) is 11.7. The van der Waals surface area contributed by atoms with Crippen molar-refractivity contribution in [3.8, 4) is 0 Å². The molecule has 0 aliphatic rings. The largest absolute Gasteiger partial charge is 0.399 e. The molecule has 2 aromatic rings. The number of anilines is 1. The number of rotatable bonds is 5. The van der Waals surface area contributed by atoms with Crippen molar-refractivity contribution in [3.63, 3.8) is 0 Å². The Morgan fingerprint density at radius 1 is 1.06 bits per heavy atom. The molecule has 0 spiro atoms. The van der Waals surface area contributed by atoms with Crippen LogP contribution in [-0.4, -0.2) is 5.75 Å². The number of benzene rings is 2. The van der Waals surface area contributed by atoms with Crippen LogP contribution in [0.5, 0.6) is 0 Å². The Morgan fingerprint density at radius 2 is 1.83 bits per heavy atom. The van der Waals surface area contributed by atoms with Gasteiger partial charge in [0.25, 0.3) is 0 Å². The highest BCUT2D eigenvalue weighted by molar-refractivity contribution is 7.99. The lowest BCUT2D eigenvalue weighted by Crippen LogP contribution is -1.88. The first-order chi connectivity index (χ1) is 8.75. The summed E-state index contributed by atoms with van der Waals surface area (Å²) in [6.45, 7) is 0. The molecule has 94 valence electrons. The van der Waals surface area contributed by atoms with Crippen LogP contribution in [0.1, 0.15) is 12.0 Å². The van der Waals surface area contributed by atoms with Gasteiger partial charge in [0.15, 0.2) is 0 Å². The first-order valence-corrected chi connectivity index (χ1v) is 7.34. The molecule has 2 N–H and O–H groups in total. The molecule has 0 aliphatic carbocycles. The van der Waals surface area contributed by atoms with Crippen LogP contribution in [0.4, 0.5) is 5.69 Å². The summed E-state index contributed by atoms with van der Waals surface area (Å²) < 4.78 is 0. The van der Waals surface area contributed by atoms with Gasteiger partial charge < -0.3 is 5.73 Å². The van der Waals surface area contributed by atoms with Gasteiger partial charge in [0.1, 0.15) is 0 Å². The van der Waals surface area contributed by atoms with Crippen molar-refractivity contribution in [2.45, 2.75) is 17.7 Å². The molecule has 0 saturated carbocycles. The van der Waals surface area contributed by atoms with Crippen LogP contribution in [0.2, 0.25) is 5.02 Å². The second-order valence-electron chi connectivity index (χ2n) is 4.13. The molecule has 3 heteroatoms. The summed E-state index contributed by atoms with van der Waals surface area (Å²) in [5, 5.41) is 0.750. The maximum atomic E-state index is 6.12. The van der Waals surface area contributed by atoms with Crippen LogP contribution in [0, 0.1) is 0 Å². The smallest absolute Gasteiger partial charge is 0.0562 e. The van der Waals surface area contributed by atoms with Crippen LogP contribution < -0.4 is 5.73 Å². The number of hydrogen-bond donors (Lipinski definition) is 1. The van der Waals surface area contributed by atoms with E-state index in [1.807, 2.05) is 18.2 Å². The zero-order chi connectivity index (χ0) is 12.8. The van der Waals surface area contributed by atoms with Crippen molar-refractivity contribution < 1.29 is 0 Å². The summed E-state index contributed by atoms with van der Waals surface area (Å²) in [5.41, 5.74) is 7.77. The van der Waals surface area contributed by atoms with E-state index >= 15 is 0 Å². The molecule has 0 aromatic heterocycles. The average Bonchev–Trinajstić information content (AvgIpc) is 2.38. The molecule has 2 aromatic carbocycles. The molecule has 0 amide bonds. The molecule has 1 nitrogen and oxygen atoms in total. The van der Waals surface area contributed by atoms with Crippen LogP contribution in [-0.2, 0) is 6.42 Å². The Hall–Kier alpha value is -1.12. The lowest BCUT2D eigenvalue weighted by Gasteiger charge is -2.05. The first kappa shape index (κ1) is 13.3. The van der Waals surface area contributed by atoms with Crippen LogP contribution in [0.25, 0.3) is 0 Å². The van der Waals surface area contributed by atoms with Crippen molar-refractivity contribution in [2.24, 2.45) is 0 Å². The van der Waals surface area contributed by atoms with E-state index in [9.17, 15) is 0 Å². The average molecular weight is 278 g/mol. The third-order valence-corrected chi connectivity index (χ3v) is 4.25. The van der Waals surface area contributed by atoms with E-state index in [0.29, 0.717) is 5.69 Å². The molecule has 0 radical (unpaired) electrons. The summed E-state index contributed by atoms with van der Waals surface area (Å²) in [7, 11) is 0. The van der Waals surface area contributed by atoms with E-state index in [2.05, 4.69) is 24.3 Å². The summed E-state index contributed by atoms with van der Waals surface area (Å²) in [6.07, 6.45) is 2.26. The van der Waals surface area contributed by atoms with Gasteiger partial charge in [0.05, 0.1) is 5.02 Å². The first-order valence-electron chi connectivity index (χ1n) is 5.97. The maximum Gasteiger partial charge on any atom is 0.0562 e. The molecule has 0 fully saturated rings. The highest BCUT2D eigenvalue weighted by Gasteiger charge is 2.01. The lowest BCUT2D eigenvalue weighted by molar-refractivity contribution is 0.933. The topological polar surface area (TPSA) is 26.0 Å². The summed E-state index contributed by atoms with van der Waals surface area (Å²) >= 11 is 7.91. The van der Waals surface area contributed by atoms with Gasteiger partial charge >= 0.3 is 0 Å². The van der Waals surface area contributed by atoms with Gasteiger partial charge in [-0.3, -0.25) is 0 Å². The van der Waals surface area contributed by atoms with Crippen molar-refractivity contribution in [3.05, 3.63) is 59.1 Å². The molecule has 0 bridgehead atoms. The van der Waals surface area contributed by atoms with Crippen molar-refractivity contribution in [1.82, 2.24) is 0 Å². The third kappa shape index (κ3) is 3.97. The number of nitrogen functional groups attached to an aromatic ring is 1. The number of thioether (sulfide) groups is 1. The van der Waals surface area contributed by atoms with Gasteiger partial charge in [0, 0.05) is 10.6 Å². The summed E-state index contributed by atoms with van der Waals surface area (Å²) in [6, 6.07) is 16.2. The molecule has 0 aliphatic heterocycles. The highest BCUT2D eigenvalue weighted by atomic mass is 35.5. The second-order valence-corrected chi connectivity index (χ2v) is 5.67. The predicted molar refractivity (Wildman–Crippen MR) is 81.4 cm³/mol. The molecule has 18 heavy (non-hydrogen) atoms. The summed E-state index contributed by atoms with van der Waals surface area (Å²) in [5.74, 6) is 1.07. The Bertz CT molecular complexity index is 499. The zero-order valence-electron chi connectivity index (χ0n) is 10.1. The van der Waals surface area contributed by atoms with E-state index in [1.54, 1.807) is 17.8 Å². The third-order valence-electron chi connectivity index (χ3n) is 2.67. The fraction of sp³-hybridized carbons (Fsp3) is 0.200. The fourth-order valence-corrected chi connectivity index (χ4v) is 2.96. The van der Waals surface area contributed by atoms with Crippen molar-refractivity contribution >= 4 is 29.1 Å². The van der Waals surface area contributed by atoms with Gasteiger partial charge in [0.2, 0.25) is 0 Å². The Kier molecular flexibility index (Phi) is 4.97. The van der Waals surface area contributed by atoms with E-state index < -0.39 is 0 Å². The van der Waals surface area contributed by atoms with Gasteiger partial charge in [-0.25, -0.2) is 0 Å². The molecule has 0 atom stereocenters. The van der Waals surface area contributed by atoms with Crippen LogP contribution in [0.15, 0.2) is 53.4 Å². The Morgan fingerprint density at radius 3 is 2.56 bits per heavy atom. The molecule has 2 rings (SSSR count). The van der Waals surface area contributed by atoms with Crippen LogP contribution >= 0.6 is 23.4 Å². The van der Waals surface area contributed by atoms with E-state index in [-0.39, 0.29) is 0 Å². The van der Waals surface area contributed by atoms with Gasteiger partial charge in [-0.2, -0.15) is 0 Å². The second kappa shape index (κ2) is 6.72. The van der Waals surface area contributed by atoms with E-state index in [1.165, 1.54) is 5.56 Å². The minimum absolute atomic E-state index is 0.716. The molecule has 0 unspecified atom stereocenters. The standard InChI is InChI=1S/C15H16ClNS/c16-14-11-13(17)8-9-15(14)18-10-4-7-12-5-2-1-3-6-12/h1-3,5-6,8-9,11H,4,7,10,17H2. The van der Waals surface area contributed by atoms with Crippen LogP contribution in [0.3, 0.4) is 0 Å². The Labute approximate surface area is 117 Å². The maximum absolute atomic E-state index is 6.12. The number of halogens is 1.